The van der Waals surface area contributed by atoms with Crippen LogP contribution in [0.15, 0.2) is 36.0 Å². The molecule has 3 aliphatic rings. The van der Waals surface area contributed by atoms with Gasteiger partial charge in [0, 0.05) is 26.9 Å². The molecule has 0 aromatic heterocycles. The normalized spacial score (nSPS) is 34.4. The minimum absolute atomic E-state index is 0.0225. The molecular weight excluding hydrogens is 512 g/mol. The summed E-state index contributed by atoms with van der Waals surface area (Å²) >= 11 is 0. The number of rotatable bonds is 10. The van der Waals surface area contributed by atoms with Crippen molar-refractivity contribution in [2.45, 2.75) is 109 Å². The monoisotopic (exact) mass is 560 g/mol. The number of carbonyl (C=O) groups excluding carboxylic acids is 3. The van der Waals surface area contributed by atoms with Crippen LogP contribution >= 0.6 is 0 Å². The first-order chi connectivity index (χ1) is 18.8. The smallest absolute Gasteiger partial charge is 0.409 e. The first kappa shape index (κ1) is 32.0. The van der Waals surface area contributed by atoms with Gasteiger partial charge in [-0.05, 0) is 51.5 Å². The van der Waals surface area contributed by atoms with E-state index in [0.29, 0.717) is 25.4 Å². The highest BCUT2D eigenvalue weighted by Gasteiger charge is 2.61. The van der Waals surface area contributed by atoms with Crippen LogP contribution in [0.5, 0.6) is 0 Å². The second-order valence-electron chi connectivity index (χ2n) is 12.2. The van der Waals surface area contributed by atoms with Crippen LogP contribution < -0.4 is 5.32 Å². The fourth-order valence-corrected chi connectivity index (χ4v) is 5.33. The number of carbonyl (C=O) groups is 3. The summed E-state index contributed by atoms with van der Waals surface area (Å²) in [4.78, 5) is 37.9. The van der Waals surface area contributed by atoms with Crippen LogP contribution in [0, 0.1) is 11.8 Å². The zero-order chi connectivity index (χ0) is 29.6. The topological polar surface area (TPSA) is 107 Å². The Morgan fingerprint density at radius 2 is 1.82 bits per heavy atom. The third kappa shape index (κ3) is 9.01. The van der Waals surface area contributed by atoms with E-state index in [1.54, 1.807) is 27.1 Å². The van der Waals surface area contributed by atoms with Crippen molar-refractivity contribution in [1.82, 2.24) is 10.2 Å². The first-order valence-corrected chi connectivity index (χ1v) is 14.5. The van der Waals surface area contributed by atoms with Gasteiger partial charge >= 0.3 is 6.09 Å². The lowest BCUT2D eigenvalue weighted by Gasteiger charge is -2.39. The van der Waals surface area contributed by atoms with E-state index in [9.17, 15) is 14.4 Å². The van der Waals surface area contributed by atoms with Gasteiger partial charge in [0.1, 0.15) is 17.5 Å². The Labute approximate surface area is 239 Å². The number of nitrogens with one attached hydrogen (secondary N) is 1. The highest BCUT2D eigenvalue weighted by Crippen LogP contribution is 2.45. The van der Waals surface area contributed by atoms with Gasteiger partial charge in [0.2, 0.25) is 5.91 Å². The average molecular weight is 561 g/mol. The molecule has 2 amide bonds. The van der Waals surface area contributed by atoms with Gasteiger partial charge in [-0.3, -0.25) is 9.59 Å². The number of hydrogen-bond donors (Lipinski definition) is 1. The molecule has 3 aliphatic heterocycles. The Bertz CT molecular complexity index is 998. The fraction of sp³-hybridized carbons (Fsp3) is 0.710. The summed E-state index contributed by atoms with van der Waals surface area (Å²) in [5.74, 6) is 0.573. The maximum Gasteiger partial charge on any atom is 0.409 e. The van der Waals surface area contributed by atoms with Crippen LogP contribution in [0.2, 0.25) is 0 Å². The molecule has 0 aliphatic carbocycles. The van der Waals surface area contributed by atoms with Crippen molar-refractivity contribution in [2.24, 2.45) is 11.8 Å². The van der Waals surface area contributed by atoms with Gasteiger partial charge in [-0.25, -0.2) is 4.79 Å². The second kappa shape index (κ2) is 13.9. The Hall–Kier alpha value is -2.49. The van der Waals surface area contributed by atoms with E-state index in [2.05, 4.69) is 18.3 Å². The molecule has 0 aromatic carbocycles. The van der Waals surface area contributed by atoms with Gasteiger partial charge in [-0.1, -0.05) is 50.6 Å². The molecular formula is C31H48N2O7. The molecule has 0 bridgehead atoms. The summed E-state index contributed by atoms with van der Waals surface area (Å²) in [6, 6.07) is -0.0225. The molecule has 0 unspecified atom stereocenters. The quantitative estimate of drug-likeness (QED) is 0.240. The molecule has 9 heteroatoms. The molecule has 40 heavy (non-hydrogen) atoms. The molecule has 224 valence electrons. The Morgan fingerprint density at radius 1 is 1.12 bits per heavy atom. The zero-order valence-corrected chi connectivity index (χ0v) is 25.3. The standard InChI is InChI=1S/C31H48N2O7/c1-19(2)9-14-28(35)32-25-15-21(4)26(38-23(25)6)12-10-20(3)11-13-27-29(40-30(36)33(7)8)31(18-37-31)17-24(39-27)16-22(5)34/h9-11,13-14,19,21,23-27,29H,12,15-18H2,1-8H3,(H,32,35)/b13-11+,14-9-,20-10+/t21-,23+,24+,25+,26-,27+,29+,31+/m0/s1. The van der Waals surface area contributed by atoms with E-state index in [0.717, 1.165) is 18.4 Å². The predicted octanol–water partition coefficient (Wildman–Crippen LogP) is 4.36. The average Bonchev–Trinajstić information content (AvgIpc) is 3.63. The molecule has 0 radical (unpaired) electrons. The Morgan fingerprint density at radius 3 is 2.42 bits per heavy atom. The summed E-state index contributed by atoms with van der Waals surface area (Å²) in [6.45, 7) is 12.3. The van der Waals surface area contributed by atoms with E-state index < -0.39 is 23.9 Å². The van der Waals surface area contributed by atoms with E-state index in [-0.39, 0.29) is 42.0 Å². The van der Waals surface area contributed by atoms with Crippen LogP contribution in [0.25, 0.3) is 0 Å². The van der Waals surface area contributed by atoms with Crippen molar-refractivity contribution < 1.29 is 33.3 Å². The highest BCUT2D eigenvalue weighted by molar-refractivity contribution is 5.87. The number of epoxide rings is 1. The fourth-order valence-electron chi connectivity index (χ4n) is 5.33. The molecule has 8 atom stereocenters. The summed E-state index contributed by atoms with van der Waals surface area (Å²) in [6.07, 6.45) is 9.98. The molecule has 1 N–H and O–H groups in total. The lowest BCUT2D eigenvalue weighted by molar-refractivity contribution is -0.145. The van der Waals surface area contributed by atoms with Gasteiger partial charge in [-0.15, -0.1) is 0 Å². The third-order valence-corrected chi connectivity index (χ3v) is 7.76. The maximum absolute atomic E-state index is 12.4. The molecule has 3 fully saturated rings. The molecule has 9 nitrogen and oxygen atoms in total. The number of nitrogens with zero attached hydrogens (tertiary/aromatic N) is 1. The van der Waals surface area contributed by atoms with Gasteiger partial charge in [-0.2, -0.15) is 0 Å². The lowest BCUT2D eigenvalue weighted by Crippen LogP contribution is -2.53. The van der Waals surface area contributed by atoms with Crippen LogP contribution in [0.4, 0.5) is 4.79 Å². The molecule has 3 rings (SSSR count). The van der Waals surface area contributed by atoms with Crippen LogP contribution in [-0.2, 0) is 28.5 Å². The van der Waals surface area contributed by atoms with Gasteiger partial charge < -0.3 is 29.2 Å². The largest absolute Gasteiger partial charge is 0.440 e. The van der Waals surface area contributed by atoms with Gasteiger partial charge in [0.15, 0.2) is 6.10 Å². The minimum atomic E-state index is -0.616. The van der Waals surface area contributed by atoms with E-state index >= 15 is 0 Å². The van der Waals surface area contributed by atoms with Gasteiger partial charge in [0.25, 0.3) is 0 Å². The van der Waals surface area contributed by atoms with Crippen molar-refractivity contribution in [3.05, 3.63) is 36.0 Å². The van der Waals surface area contributed by atoms with Crippen molar-refractivity contribution in [2.75, 3.05) is 20.7 Å². The summed E-state index contributed by atoms with van der Waals surface area (Å²) < 4.78 is 24.2. The van der Waals surface area contributed by atoms with Crippen LogP contribution in [0.1, 0.15) is 67.2 Å². The van der Waals surface area contributed by atoms with Crippen LogP contribution in [-0.4, -0.2) is 85.5 Å². The van der Waals surface area contributed by atoms with E-state index in [4.69, 9.17) is 18.9 Å². The molecule has 3 saturated heterocycles. The highest BCUT2D eigenvalue weighted by atomic mass is 16.7. The third-order valence-electron chi connectivity index (χ3n) is 7.76. The number of hydrogen-bond acceptors (Lipinski definition) is 7. The zero-order valence-electron chi connectivity index (χ0n) is 25.3. The summed E-state index contributed by atoms with van der Waals surface area (Å²) in [7, 11) is 3.27. The van der Waals surface area contributed by atoms with Crippen LogP contribution in [0.3, 0.4) is 0 Å². The Balaban J connectivity index is 1.62. The van der Waals surface area contributed by atoms with Crippen molar-refractivity contribution >= 4 is 17.8 Å². The summed E-state index contributed by atoms with van der Waals surface area (Å²) in [5, 5.41) is 3.09. The van der Waals surface area contributed by atoms with E-state index in [1.807, 2.05) is 45.9 Å². The number of ketones is 1. The van der Waals surface area contributed by atoms with Crippen molar-refractivity contribution in [3.63, 3.8) is 0 Å². The SMILES string of the molecule is CC(=O)C[C@@H]1C[C@@]2(CO2)[C@H](OC(=O)N(C)C)[C@@H](/C=C/C(C)=C/C[C@@H]2O[C@H](C)[C@H](NC(=O)/C=C\C(C)C)C[C@@H]2C)O1. The van der Waals surface area contributed by atoms with Crippen molar-refractivity contribution in [3.8, 4) is 0 Å². The number of Topliss-reactive ketones (excluding diaryl/α,β-unsaturated/α-hetero) is 1. The van der Waals surface area contributed by atoms with Crippen molar-refractivity contribution in [1.29, 1.82) is 0 Å². The number of amides is 2. The Kier molecular flexibility index (Phi) is 11.1. The first-order valence-electron chi connectivity index (χ1n) is 14.5. The summed E-state index contributed by atoms with van der Waals surface area (Å²) in [5.41, 5.74) is 0.410. The molecule has 1 spiro atoms. The molecule has 0 saturated carbocycles. The minimum Gasteiger partial charge on any atom is -0.440 e. The number of ether oxygens (including phenoxy) is 4. The van der Waals surface area contributed by atoms with E-state index in [1.165, 1.54) is 4.90 Å². The lowest BCUT2D eigenvalue weighted by atomic mass is 9.86. The molecule has 0 aromatic rings. The number of allylic oxidation sites excluding steroid dienone is 3. The molecule has 3 heterocycles. The van der Waals surface area contributed by atoms with Gasteiger partial charge in [0.05, 0.1) is 31.0 Å². The maximum atomic E-state index is 12.4. The predicted molar refractivity (Wildman–Crippen MR) is 153 cm³/mol. The second-order valence-corrected chi connectivity index (χ2v) is 12.2.